The summed E-state index contributed by atoms with van der Waals surface area (Å²) in [5.74, 6) is -2.21. The van der Waals surface area contributed by atoms with Crippen molar-refractivity contribution in [3.8, 4) is 0 Å². The minimum atomic E-state index is -1.82. The minimum Gasteiger partial charge on any atom is -0.473 e. The average Bonchev–Trinajstić information content (AvgIpc) is 3.11. The van der Waals surface area contributed by atoms with Crippen LogP contribution < -0.4 is 5.32 Å². The van der Waals surface area contributed by atoms with Crippen LogP contribution in [0.25, 0.3) is 0 Å². The number of rotatable bonds is 4. The van der Waals surface area contributed by atoms with Crippen LogP contribution in [0.1, 0.15) is 22.6 Å². The predicted octanol–water partition coefficient (Wildman–Crippen LogP) is -0.269. The second-order valence-corrected chi connectivity index (χ2v) is 6.54. The lowest BCUT2D eigenvalue weighted by molar-refractivity contribution is -0.159. The first-order chi connectivity index (χ1) is 12.2. The molecule has 0 bridgehead atoms. The Hall–Kier alpha value is -2.93. The lowest BCUT2D eigenvalue weighted by atomic mass is 10.0. The number of carboxylic acid groups (broad SMARTS) is 2. The zero-order chi connectivity index (χ0) is 19.3. The van der Waals surface area contributed by atoms with Gasteiger partial charge in [0.2, 0.25) is 16.9 Å². The van der Waals surface area contributed by atoms with E-state index < -0.39 is 11.9 Å². The molecule has 13 heteroatoms. The van der Waals surface area contributed by atoms with Gasteiger partial charge in [-0.1, -0.05) is 16.5 Å². The van der Waals surface area contributed by atoms with Gasteiger partial charge in [-0.3, -0.25) is 15.0 Å². The van der Waals surface area contributed by atoms with Crippen molar-refractivity contribution in [2.75, 3.05) is 25.0 Å². The topological polar surface area (TPSA) is 172 Å². The van der Waals surface area contributed by atoms with E-state index in [1.165, 1.54) is 11.3 Å². The van der Waals surface area contributed by atoms with Crippen molar-refractivity contribution in [3.63, 3.8) is 0 Å². The zero-order valence-electron chi connectivity index (χ0n) is 13.9. The SMILES string of the molecule is Cc1noc(C2CN(CC(=O)Nc3nnc(C)s3)C2)n1.O=C(O)C(=O)O. The van der Waals surface area contributed by atoms with Crippen LogP contribution in [0, 0.1) is 13.8 Å². The Kier molecular flexibility index (Phi) is 6.30. The summed E-state index contributed by atoms with van der Waals surface area (Å²) in [7, 11) is 0. The molecule has 2 aromatic heterocycles. The summed E-state index contributed by atoms with van der Waals surface area (Å²) in [6.45, 7) is 5.48. The summed E-state index contributed by atoms with van der Waals surface area (Å²) >= 11 is 1.36. The monoisotopic (exact) mass is 384 g/mol. The number of amides is 1. The second kappa shape index (κ2) is 8.44. The van der Waals surface area contributed by atoms with E-state index in [4.69, 9.17) is 24.3 Å². The molecule has 1 amide bonds. The van der Waals surface area contributed by atoms with Gasteiger partial charge in [0, 0.05) is 13.1 Å². The van der Waals surface area contributed by atoms with Crippen LogP contribution in [0.15, 0.2) is 4.52 Å². The van der Waals surface area contributed by atoms with E-state index in [1.54, 1.807) is 6.92 Å². The predicted molar refractivity (Wildman–Crippen MR) is 86.8 cm³/mol. The Bertz CT molecular complexity index is 787. The van der Waals surface area contributed by atoms with Crippen LogP contribution in [-0.2, 0) is 14.4 Å². The Balaban J connectivity index is 0.000000352. The van der Waals surface area contributed by atoms with Crippen LogP contribution in [0.2, 0.25) is 0 Å². The molecule has 2 aromatic rings. The molecule has 1 aliphatic rings. The van der Waals surface area contributed by atoms with Crippen molar-refractivity contribution in [1.29, 1.82) is 0 Å². The number of likely N-dealkylation sites (tertiary alicyclic amines) is 1. The summed E-state index contributed by atoms with van der Waals surface area (Å²) in [6, 6.07) is 0. The zero-order valence-corrected chi connectivity index (χ0v) is 14.7. The number of nitrogens with one attached hydrogen (secondary N) is 1. The third kappa shape index (κ3) is 5.56. The molecule has 26 heavy (non-hydrogen) atoms. The highest BCUT2D eigenvalue weighted by molar-refractivity contribution is 7.15. The minimum absolute atomic E-state index is 0.0821. The lowest BCUT2D eigenvalue weighted by Crippen LogP contribution is -2.48. The number of anilines is 1. The molecule has 0 saturated carbocycles. The van der Waals surface area contributed by atoms with Gasteiger partial charge < -0.3 is 14.7 Å². The maximum Gasteiger partial charge on any atom is 0.414 e. The van der Waals surface area contributed by atoms with E-state index in [0.717, 1.165) is 18.1 Å². The first-order valence-electron chi connectivity index (χ1n) is 7.33. The number of aromatic nitrogens is 4. The summed E-state index contributed by atoms with van der Waals surface area (Å²) in [6.07, 6.45) is 0. The van der Waals surface area contributed by atoms with E-state index in [0.29, 0.717) is 23.4 Å². The van der Waals surface area contributed by atoms with E-state index in [-0.39, 0.29) is 11.8 Å². The summed E-state index contributed by atoms with van der Waals surface area (Å²) in [5, 5.41) is 30.4. The number of hydrogen-bond donors (Lipinski definition) is 3. The Morgan fingerprint density at radius 3 is 2.35 bits per heavy atom. The molecule has 1 fully saturated rings. The standard InChI is InChI=1S/C11H14N6O2S.C2H2O4/c1-6-12-10(19-16-6)8-3-17(4-8)5-9(18)13-11-15-14-7(2)20-11;3-1(4)2(5)6/h8H,3-5H2,1-2H3,(H,13,15,18);(H,3,4)(H,5,6). The van der Waals surface area contributed by atoms with Gasteiger partial charge in [0.05, 0.1) is 12.5 Å². The molecule has 3 N–H and O–H groups in total. The summed E-state index contributed by atoms with van der Waals surface area (Å²) in [4.78, 5) is 36.2. The van der Waals surface area contributed by atoms with Crippen molar-refractivity contribution < 1.29 is 29.1 Å². The molecule has 3 rings (SSSR count). The molecule has 140 valence electrons. The van der Waals surface area contributed by atoms with Gasteiger partial charge in [0.1, 0.15) is 5.01 Å². The first-order valence-corrected chi connectivity index (χ1v) is 8.15. The molecule has 3 heterocycles. The molecule has 1 aliphatic heterocycles. The van der Waals surface area contributed by atoms with Crippen LogP contribution >= 0.6 is 11.3 Å². The van der Waals surface area contributed by atoms with Crippen LogP contribution in [0.4, 0.5) is 5.13 Å². The van der Waals surface area contributed by atoms with Gasteiger partial charge in [-0.05, 0) is 13.8 Å². The number of nitrogens with zero attached hydrogens (tertiary/aromatic N) is 5. The Labute approximate surface area is 150 Å². The highest BCUT2D eigenvalue weighted by Gasteiger charge is 2.33. The second-order valence-electron chi connectivity index (χ2n) is 5.36. The molecule has 0 atom stereocenters. The molecular formula is C13H16N6O6S. The molecule has 0 aromatic carbocycles. The third-order valence-electron chi connectivity index (χ3n) is 3.17. The van der Waals surface area contributed by atoms with E-state index in [9.17, 15) is 4.79 Å². The van der Waals surface area contributed by atoms with Gasteiger partial charge in [0.25, 0.3) is 0 Å². The maximum atomic E-state index is 11.8. The fourth-order valence-corrected chi connectivity index (χ4v) is 2.65. The number of carboxylic acids is 2. The fraction of sp³-hybridized carbons (Fsp3) is 0.462. The summed E-state index contributed by atoms with van der Waals surface area (Å²) < 4.78 is 5.11. The average molecular weight is 384 g/mol. The smallest absolute Gasteiger partial charge is 0.414 e. The van der Waals surface area contributed by atoms with Crippen LogP contribution in [0.3, 0.4) is 0 Å². The van der Waals surface area contributed by atoms with Gasteiger partial charge in [-0.25, -0.2) is 9.59 Å². The molecule has 0 spiro atoms. The maximum absolute atomic E-state index is 11.8. The van der Waals surface area contributed by atoms with Crippen molar-refractivity contribution in [2.24, 2.45) is 0 Å². The van der Waals surface area contributed by atoms with Crippen molar-refractivity contribution in [2.45, 2.75) is 19.8 Å². The van der Waals surface area contributed by atoms with E-state index in [1.807, 2.05) is 11.8 Å². The van der Waals surface area contributed by atoms with E-state index >= 15 is 0 Å². The molecule has 12 nitrogen and oxygen atoms in total. The van der Waals surface area contributed by atoms with Crippen LogP contribution in [0.5, 0.6) is 0 Å². The highest BCUT2D eigenvalue weighted by atomic mass is 32.1. The summed E-state index contributed by atoms with van der Waals surface area (Å²) in [5.41, 5.74) is 0. The fourth-order valence-electron chi connectivity index (χ4n) is 2.04. The van der Waals surface area contributed by atoms with Gasteiger partial charge >= 0.3 is 11.9 Å². The van der Waals surface area contributed by atoms with E-state index in [2.05, 4.69) is 25.7 Å². The van der Waals surface area contributed by atoms with Crippen molar-refractivity contribution in [1.82, 2.24) is 25.2 Å². The quantitative estimate of drug-likeness (QED) is 0.592. The van der Waals surface area contributed by atoms with Crippen LogP contribution in [-0.4, -0.2) is 72.9 Å². The van der Waals surface area contributed by atoms with Gasteiger partial charge in [-0.15, -0.1) is 10.2 Å². The number of carbonyl (C=O) groups excluding carboxylic acids is 1. The van der Waals surface area contributed by atoms with Gasteiger partial charge in [-0.2, -0.15) is 4.98 Å². The largest absolute Gasteiger partial charge is 0.473 e. The molecule has 1 saturated heterocycles. The molecule has 0 radical (unpaired) electrons. The normalized spacial score (nSPS) is 14.1. The lowest BCUT2D eigenvalue weighted by Gasteiger charge is -2.36. The number of aliphatic carboxylic acids is 2. The number of hydrogen-bond acceptors (Lipinski definition) is 10. The Morgan fingerprint density at radius 1 is 1.23 bits per heavy atom. The Morgan fingerprint density at radius 2 is 1.88 bits per heavy atom. The van der Waals surface area contributed by atoms with Crippen molar-refractivity contribution in [3.05, 3.63) is 16.7 Å². The molecule has 0 aliphatic carbocycles. The third-order valence-corrected chi connectivity index (χ3v) is 3.93. The van der Waals surface area contributed by atoms with Gasteiger partial charge in [0.15, 0.2) is 5.82 Å². The highest BCUT2D eigenvalue weighted by Crippen LogP contribution is 2.25. The number of aryl methyl sites for hydroxylation is 2. The first kappa shape index (κ1) is 19.4. The molecular weight excluding hydrogens is 368 g/mol. The van der Waals surface area contributed by atoms with Crippen molar-refractivity contribution >= 4 is 34.3 Å². The number of carbonyl (C=O) groups is 3. The molecule has 0 unspecified atom stereocenters.